The van der Waals surface area contributed by atoms with Crippen LogP contribution >= 0.6 is 0 Å². The number of sulfonamides is 1. The molecule has 7 nitrogen and oxygen atoms in total. The molecule has 9 heteroatoms. The van der Waals surface area contributed by atoms with Gasteiger partial charge in [-0.3, -0.25) is 0 Å². The van der Waals surface area contributed by atoms with Gasteiger partial charge in [-0.2, -0.15) is 4.31 Å². The van der Waals surface area contributed by atoms with Gasteiger partial charge < -0.3 is 15.3 Å². The summed E-state index contributed by atoms with van der Waals surface area (Å²) in [7, 11) is -3.73. The van der Waals surface area contributed by atoms with Gasteiger partial charge in [-0.05, 0) is 60.7 Å². The first kappa shape index (κ1) is 24.0. The zero-order valence-corrected chi connectivity index (χ0v) is 19.2. The molecule has 0 bridgehead atoms. The van der Waals surface area contributed by atoms with Gasteiger partial charge in [0.05, 0.1) is 4.90 Å². The molecule has 1 aliphatic heterocycles. The maximum atomic E-state index is 13.3. The number of amides is 1. The highest BCUT2D eigenvalue weighted by Crippen LogP contribution is 2.23. The second kappa shape index (κ2) is 10.3. The lowest BCUT2D eigenvalue weighted by Crippen LogP contribution is -2.41. The summed E-state index contributed by atoms with van der Waals surface area (Å²) in [6, 6.07) is 12.6. The summed E-state index contributed by atoms with van der Waals surface area (Å²) in [6.45, 7) is 5.39. The van der Waals surface area contributed by atoms with Crippen LogP contribution in [0, 0.1) is 11.7 Å². The van der Waals surface area contributed by atoms with E-state index < -0.39 is 16.1 Å². The van der Waals surface area contributed by atoms with Crippen LogP contribution in [0.4, 0.5) is 14.9 Å². The summed E-state index contributed by atoms with van der Waals surface area (Å²) in [5.74, 6) is -0.230. The van der Waals surface area contributed by atoms with Crippen LogP contribution in [0.2, 0.25) is 0 Å². The van der Waals surface area contributed by atoms with Gasteiger partial charge in [-0.15, -0.1) is 0 Å². The number of hydrogen-bond donors (Lipinski definition) is 2. The van der Waals surface area contributed by atoms with E-state index in [1.165, 1.54) is 21.3 Å². The van der Waals surface area contributed by atoms with Crippen LogP contribution in [-0.4, -0.2) is 54.5 Å². The van der Waals surface area contributed by atoms with E-state index in [1.807, 2.05) is 13.8 Å². The third-order valence-corrected chi connectivity index (χ3v) is 7.30. The molecule has 174 valence electrons. The molecule has 1 fully saturated rings. The minimum atomic E-state index is -3.73. The monoisotopic (exact) mass is 463 g/mol. The lowest BCUT2D eigenvalue weighted by molar-refractivity contribution is 0.134. The van der Waals surface area contributed by atoms with E-state index in [0.29, 0.717) is 32.5 Å². The molecular weight excluding hydrogens is 433 g/mol. The first-order chi connectivity index (χ1) is 15.1. The van der Waals surface area contributed by atoms with E-state index in [0.717, 1.165) is 11.3 Å². The lowest BCUT2D eigenvalue weighted by atomic mass is 10.1. The number of carboxylic acid groups (broad SMARTS) is 1. The fourth-order valence-electron chi connectivity index (χ4n) is 3.77. The number of carbonyl (C=O) groups is 1. The van der Waals surface area contributed by atoms with Crippen molar-refractivity contribution in [3.63, 3.8) is 0 Å². The maximum absolute atomic E-state index is 13.3. The largest absolute Gasteiger partial charge is 0.465 e. The molecule has 0 aromatic heterocycles. The van der Waals surface area contributed by atoms with Gasteiger partial charge in [-0.1, -0.05) is 26.0 Å². The van der Waals surface area contributed by atoms with Crippen molar-refractivity contribution in [2.75, 3.05) is 25.0 Å². The summed E-state index contributed by atoms with van der Waals surface area (Å²) in [4.78, 5) is 12.6. The highest BCUT2D eigenvalue weighted by atomic mass is 32.2. The van der Waals surface area contributed by atoms with Gasteiger partial charge in [0.15, 0.2) is 0 Å². The first-order valence-corrected chi connectivity index (χ1v) is 12.2. The summed E-state index contributed by atoms with van der Waals surface area (Å²) >= 11 is 0. The number of likely N-dealkylation sites (tertiary alicyclic amines) is 1. The first-order valence-electron chi connectivity index (χ1n) is 10.7. The quantitative estimate of drug-likeness (QED) is 0.612. The van der Waals surface area contributed by atoms with Crippen molar-refractivity contribution in [2.45, 2.75) is 44.2 Å². The number of nitrogens with zero attached hydrogens (tertiary/aromatic N) is 2. The molecular formula is C23H30FN3O4S. The van der Waals surface area contributed by atoms with Crippen molar-refractivity contribution in [3.05, 3.63) is 59.9 Å². The molecule has 1 saturated heterocycles. The molecule has 32 heavy (non-hydrogen) atoms. The molecule has 1 heterocycles. The summed E-state index contributed by atoms with van der Waals surface area (Å²) in [5.41, 5.74) is 1.52. The van der Waals surface area contributed by atoms with Crippen molar-refractivity contribution in [3.8, 4) is 0 Å². The van der Waals surface area contributed by atoms with E-state index in [4.69, 9.17) is 5.11 Å². The summed E-state index contributed by atoms with van der Waals surface area (Å²) in [6.07, 6.45) is 0.503. The Morgan fingerprint density at radius 3 is 2.25 bits per heavy atom. The normalized spacial score (nSPS) is 15.3. The predicted molar refractivity (Wildman–Crippen MR) is 122 cm³/mol. The molecule has 2 aromatic rings. The van der Waals surface area contributed by atoms with Gasteiger partial charge in [0.1, 0.15) is 5.82 Å². The molecule has 3 rings (SSSR count). The molecule has 0 spiro atoms. The number of anilines is 1. The minimum absolute atomic E-state index is 0.128. The number of nitrogens with one attached hydrogen (secondary N) is 1. The predicted octanol–water partition coefficient (Wildman–Crippen LogP) is 4.23. The molecule has 1 aliphatic rings. The van der Waals surface area contributed by atoms with E-state index in [2.05, 4.69) is 5.32 Å². The third-order valence-electron chi connectivity index (χ3n) is 5.47. The molecule has 1 amide bonds. The number of piperidine rings is 1. The summed E-state index contributed by atoms with van der Waals surface area (Å²) in [5, 5.41) is 12.4. The minimum Gasteiger partial charge on any atom is -0.465 e. The van der Waals surface area contributed by atoms with Gasteiger partial charge in [-0.25, -0.2) is 17.6 Å². The fraction of sp³-hybridized carbons (Fsp3) is 0.435. The molecule has 0 aliphatic carbocycles. The van der Waals surface area contributed by atoms with Gasteiger partial charge in [0.2, 0.25) is 10.0 Å². The van der Waals surface area contributed by atoms with Crippen molar-refractivity contribution in [2.24, 2.45) is 5.92 Å². The third kappa shape index (κ3) is 6.20. The van der Waals surface area contributed by atoms with E-state index in [-0.39, 0.29) is 29.2 Å². The Morgan fingerprint density at radius 2 is 1.72 bits per heavy atom. The topological polar surface area (TPSA) is 90.0 Å². The molecule has 2 aromatic carbocycles. The van der Waals surface area contributed by atoms with Crippen molar-refractivity contribution in [1.29, 1.82) is 0 Å². The zero-order chi connectivity index (χ0) is 23.3. The Kier molecular flexibility index (Phi) is 7.73. The number of halogens is 1. The molecule has 0 atom stereocenters. The Labute approximate surface area is 188 Å². The Morgan fingerprint density at radius 1 is 1.12 bits per heavy atom. The smallest absolute Gasteiger partial charge is 0.407 e. The molecule has 0 unspecified atom stereocenters. The van der Waals surface area contributed by atoms with Gasteiger partial charge in [0.25, 0.3) is 0 Å². The van der Waals surface area contributed by atoms with Crippen LogP contribution in [0.3, 0.4) is 0 Å². The van der Waals surface area contributed by atoms with Crippen LogP contribution < -0.4 is 5.32 Å². The van der Waals surface area contributed by atoms with Crippen LogP contribution in [0.1, 0.15) is 32.3 Å². The van der Waals surface area contributed by atoms with Crippen LogP contribution in [0.5, 0.6) is 0 Å². The van der Waals surface area contributed by atoms with E-state index >= 15 is 0 Å². The van der Waals surface area contributed by atoms with Crippen LogP contribution in [-0.2, 0) is 16.6 Å². The van der Waals surface area contributed by atoms with Crippen LogP contribution in [0.15, 0.2) is 53.4 Å². The SMILES string of the molecule is CC(C)CN(Cc1ccc(F)cc1)S(=O)(=O)c1ccc(NC2CCN(C(=O)O)CC2)cc1. The molecule has 0 radical (unpaired) electrons. The van der Waals surface area contributed by atoms with Crippen molar-refractivity contribution >= 4 is 21.8 Å². The maximum Gasteiger partial charge on any atom is 0.407 e. The van der Waals surface area contributed by atoms with E-state index in [9.17, 15) is 17.6 Å². The lowest BCUT2D eigenvalue weighted by Gasteiger charge is -2.31. The number of benzene rings is 2. The second-order valence-corrected chi connectivity index (χ2v) is 10.5. The Balaban J connectivity index is 1.70. The average Bonchev–Trinajstić information content (AvgIpc) is 2.75. The van der Waals surface area contributed by atoms with Crippen molar-refractivity contribution in [1.82, 2.24) is 9.21 Å². The van der Waals surface area contributed by atoms with Crippen LogP contribution in [0.25, 0.3) is 0 Å². The number of rotatable bonds is 8. The van der Waals surface area contributed by atoms with E-state index in [1.54, 1.807) is 36.4 Å². The average molecular weight is 464 g/mol. The highest BCUT2D eigenvalue weighted by Gasteiger charge is 2.26. The summed E-state index contributed by atoms with van der Waals surface area (Å²) < 4.78 is 41.3. The molecule has 2 N–H and O–H groups in total. The second-order valence-electron chi connectivity index (χ2n) is 8.53. The van der Waals surface area contributed by atoms with Gasteiger partial charge >= 0.3 is 6.09 Å². The van der Waals surface area contributed by atoms with Gasteiger partial charge in [0, 0.05) is 37.9 Å². The Hall–Kier alpha value is -2.65. The Bertz CT molecular complexity index is 1000. The standard InChI is InChI=1S/C23H30FN3O4S/c1-17(2)15-27(16-18-3-5-19(24)6-4-18)32(30,31)22-9-7-20(8-10-22)25-21-11-13-26(14-12-21)23(28)29/h3-10,17,21,25H,11-16H2,1-2H3,(H,28,29). The highest BCUT2D eigenvalue weighted by molar-refractivity contribution is 7.89. The fourth-order valence-corrected chi connectivity index (χ4v) is 5.36. The number of hydrogen-bond acceptors (Lipinski definition) is 4. The molecule has 0 saturated carbocycles. The van der Waals surface area contributed by atoms with Crippen molar-refractivity contribution < 1.29 is 22.7 Å². The zero-order valence-electron chi connectivity index (χ0n) is 18.4.